The Hall–Kier alpha value is -1.75. The first-order valence-corrected chi connectivity index (χ1v) is 10.5. The Morgan fingerprint density at radius 2 is 1.63 bits per heavy atom. The lowest BCUT2D eigenvalue weighted by Crippen LogP contribution is -2.61. The predicted octanol–water partition coefficient (Wildman–Crippen LogP) is 3.61. The molecule has 3 N–H and O–H groups in total. The Balaban J connectivity index is 1.18. The van der Waals surface area contributed by atoms with Crippen LogP contribution in [0.2, 0.25) is 5.02 Å². The van der Waals surface area contributed by atoms with E-state index in [4.69, 9.17) is 11.6 Å². The van der Waals surface area contributed by atoms with Crippen LogP contribution in [0.1, 0.15) is 50.5 Å². The van der Waals surface area contributed by atoms with Crippen LogP contribution < -0.4 is 16.0 Å². The van der Waals surface area contributed by atoms with E-state index in [1.165, 1.54) is 19.3 Å². The molecule has 5 rings (SSSR count). The predicted molar refractivity (Wildman–Crippen MR) is 105 cm³/mol. The van der Waals surface area contributed by atoms with E-state index in [9.17, 15) is 9.59 Å². The summed E-state index contributed by atoms with van der Waals surface area (Å²) in [5.41, 5.74) is 0.894. The van der Waals surface area contributed by atoms with E-state index in [-0.39, 0.29) is 23.9 Å². The Morgan fingerprint density at radius 3 is 2.26 bits per heavy atom. The smallest absolute Gasteiger partial charge is 0.315 e. The molecule has 146 valence electrons. The van der Waals surface area contributed by atoms with Crippen molar-refractivity contribution in [3.63, 3.8) is 0 Å². The van der Waals surface area contributed by atoms with Gasteiger partial charge in [0.1, 0.15) is 0 Å². The number of halogens is 1. The van der Waals surface area contributed by atoms with Crippen molar-refractivity contribution in [2.75, 3.05) is 6.54 Å². The van der Waals surface area contributed by atoms with Crippen molar-refractivity contribution in [3.8, 4) is 0 Å². The lowest BCUT2D eigenvalue weighted by molar-refractivity contribution is -0.121. The van der Waals surface area contributed by atoms with Gasteiger partial charge in [-0.15, -0.1) is 0 Å². The van der Waals surface area contributed by atoms with Gasteiger partial charge in [-0.1, -0.05) is 29.8 Å². The standard InChI is InChI=1S/C21H28ClN3O2/c22-18-4-2-1-3-17(18)13-24-19(26)5-6-23-20(27)25-21-10-14-7-15(11-21)9-16(8-14)12-21/h1-4,14-16H,5-13H2,(H,24,26)(H2,23,25,27). The van der Waals surface area contributed by atoms with Gasteiger partial charge in [-0.05, 0) is 67.9 Å². The molecule has 5 nitrogen and oxygen atoms in total. The summed E-state index contributed by atoms with van der Waals surface area (Å²) in [7, 11) is 0. The maximum atomic E-state index is 12.4. The number of rotatable bonds is 6. The Bertz CT molecular complexity index is 686. The highest BCUT2D eigenvalue weighted by Crippen LogP contribution is 2.55. The van der Waals surface area contributed by atoms with Crippen LogP contribution in [-0.2, 0) is 11.3 Å². The third-order valence-corrected chi connectivity index (χ3v) is 6.86. The summed E-state index contributed by atoms with van der Waals surface area (Å²) in [5, 5.41) is 9.61. The number of carbonyl (C=O) groups is 2. The summed E-state index contributed by atoms with van der Waals surface area (Å²) < 4.78 is 0. The molecular formula is C21H28ClN3O2. The molecule has 1 aromatic carbocycles. The summed E-state index contributed by atoms with van der Waals surface area (Å²) in [6.07, 6.45) is 7.72. The van der Waals surface area contributed by atoms with Crippen LogP contribution in [0.15, 0.2) is 24.3 Å². The SMILES string of the molecule is O=C(CCNC(=O)NC12CC3CC(CC(C3)C1)C2)NCc1ccccc1Cl. The molecular weight excluding hydrogens is 362 g/mol. The average molecular weight is 390 g/mol. The fourth-order valence-electron chi connectivity index (χ4n) is 5.76. The summed E-state index contributed by atoms with van der Waals surface area (Å²) >= 11 is 6.08. The molecule has 4 aliphatic carbocycles. The Labute approximate surface area is 165 Å². The number of carbonyl (C=O) groups excluding carboxylic acids is 2. The molecule has 0 unspecified atom stereocenters. The number of benzene rings is 1. The minimum atomic E-state index is -0.129. The van der Waals surface area contributed by atoms with Gasteiger partial charge in [0, 0.05) is 30.1 Å². The molecule has 3 amide bonds. The van der Waals surface area contributed by atoms with Crippen molar-refractivity contribution in [3.05, 3.63) is 34.9 Å². The minimum Gasteiger partial charge on any atom is -0.352 e. The molecule has 0 aromatic heterocycles. The Kier molecular flexibility index (Phi) is 5.31. The number of urea groups is 1. The monoisotopic (exact) mass is 389 g/mol. The fourth-order valence-corrected chi connectivity index (χ4v) is 5.96. The molecule has 0 spiro atoms. The fraction of sp³-hybridized carbons (Fsp3) is 0.619. The number of amides is 3. The van der Waals surface area contributed by atoms with E-state index in [0.717, 1.165) is 42.6 Å². The summed E-state index contributed by atoms with van der Waals surface area (Å²) in [6, 6.07) is 7.32. The summed E-state index contributed by atoms with van der Waals surface area (Å²) in [5.74, 6) is 2.30. The molecule has 1 aromatic rings. The number of hydrogen-bond acceptors (Lipinski definition) is 2. The zero-order valence-electron chi connectivity index (χ0n) is 15.6. The molecule has 4 saturated carbocycles. The van der Waals surface area contributed by atoms with E-state index in [2.05, 4.69) is 16.0 Å². The van der Waals surface area contributed by atoms with Gasteiger partial charge in [0.25, 0.3) is 0 Å². The van der Waals surface area contributed by atoms with Crippen molar-refractivity contribution in [2.24, 2.45) is 17.8 Å². The van der Waals surface area contributed by atoms with Gasteiger partial charge < -0.3 is 16.0 Å². The Morgan fingerprint density at radius 1 is 1.00 bits per heavy atom. The average Bonchev–Trinajstić information content (AvgIpc) is 2.59. The van der Waals surface area contributed by atoms with E-state index in [1.807, 2.05) is 18.2 Å². The van der Waals surface area contributed by atoms with Crippen LogP contribution >= 0.6 is 11.6 Å². The first kappa shape index (κ1) is 18.6. The molecule has 0 atom stereocenters. The second-order valence-electron chi connectivity index (χ2n) is 8.70. The highest BCUT2D eigenvalue weighted by molar-refractivity contribution is 6.31. The molecule has 0 radical (unpaired) electrons. The number of hydrogen-bond donors (Lipinski definition) is 3. The van der Waals surface area contributed by atoms with E-state index >= 15 is 0 Å². The molecule has 0 heterocycles. The van der Waals surface area contributed by atoms with Crippen LogP contribution in [0.5, 0.6) is 0 Å². The third-order valence-electron chi connectivity index (χ3n) is 6.49. The highest BCUT2D eigenvalue weighted by atomic mass is 35.5. The second-order valence-corrected chi connectivity index (χ2v) is 9.10. The lowest BCUT2D eigenvalue weighted by Gasteiger charge is -2.56. The maximum Gasteiger partial charge on any atom is 0.315 e. The second kappa shape index (κ2) is 7.70. The molecule has 4 aliphatic rings. The largest absolute Gasteiger partial charge is 0.352 e. The molecule has 0 aliphatic heterocycles. The summed E-state index contributed by atoms with van der Waals surface area (Å²) in [6.45, 7) is 0.741. The van der Waals surface area contributed by atoms with Crippen molar-refractivity contribution in [1.29, 1.82) is 0 Å². The summed E-state index contributed by atoms with van der Waals surface area (Å²) in [4.78, 5) is 24.4. The lowest BCUT2D eigenvalue weighted by atomic mass is 9.53. The zero-order valence-corrected chi connectivity index (χ0v) is 16.4. The van der Waals surface area contributed by atoms with Gasteiger partial charge in [0.05, 0.1) is 0 Å². The van der Waals surface area contributed by atoms with Gasteiger partial charge >= 0.3 is 6.03 Å². The van der Waals surface area contributed by atoms with Crippen molar-refractivity contribution >= 4 is 23.5 Å². The van der Waals surface area contributed by atoms with Crippen LogP contribution in [0, 0.1) is 17.8 Å². The first-order valence-electron chi connectivity index (χ1n) is 10.1. The van der Waals surface area contributed by atoms with E-state index in [0.29, 0.717) is 18.1 Å². The van der Waals surface area contributed by atoms with Crippen LogP contribution in [-0.4, -0.2) is 24.0 Å². The van der Waals surface area contributed by atoms with Gasteiger partial charge in [-0.2, -0.15) is 0 Å². The van der Waals surface area contributed by atoms with Gasteiger partial charge in [0.2, 0.25) is 5.91 Å². The van der Waals surface area contributed by atoms with Crippen LogP contribution in [0.25, 0.3) is 0 Å². The van der Waals surface area contributed by atoms with Gasteiger partial charge in [-0.25, -0.2) is 4.79 Å². The molecule has 0 saturated heterocycles. The molecule has 27 heavy (non-hydrogen) atoms. The van der Waals surface area contributed by atoms with E-state index in [1.54, 1.807) is 6.07 Å². The van der Waals surface area contributed by atoms with Gasteiger partial charge in [-0.3, -0.25) is 4.79 Å². The van der Waals surface area contributed by atoms with Crippen molar-refractivity contribution < 1.29 is 9.59 Å². The molecule has 4 fully saturated rings. The zero-order chi connectivity index (χ0) is 18.9. The molecule has 6 heteroatoms. The molecule has 4 bridgehead atoms. The van der Waals surface area contributed by atoms with Crippen LogP contribution in [0.3, 0.4) is 0 Å². The van der Waals surface area contributed by atoms with Gasteiger partial charge in [0.15, 0.2) is 0 Å². The first-order chi connectivity index (χ1) is 13.0. The van der Waals surface area contributed by atoms with Crippen LogP contribution in [0.4, 0.5) is 4.79 Å². The quantitative estimate of drug-likeness (QED) is 0.695. The topological polar surface area (TPSA) is 70.2 Å². The number of nitrogens with one attached hydrogen (secondary N) is 3. The third kappa shape index (κ3) is 4.40. The van der Waals surface area contributed by atoms with Crippen molar-refractivity contribution in [1.82, 2.24) is 16.0 Å². The van der Waals surface area contributed by atoms with Crippen molar-refractivity contribution in [2.45, 2.75) is 57.0 Å². The normalized spacial score (nSPS) is 30.8. The maximum absolute atomic E-state index is 12.4. The van der Waals surface area contributed by atoms with E-state index < -0.39 is 0 Å². The minimum absolute atomic E-state index is 0.00511. The highest BCUT2D eigenvalue weighted by Gasteiger charge is 2.51.